The molecule has 2 aromatic rings. The number of hydrogen-bond donors (Lipinski definition) is 1. The number of amides is 2. The van der Waals surface area contributed by atoms with Crippen molar-refractivity contribution < 1.29 is 9.18 Å². The van der Waals surface area contributed by atoms with Gasteiger partial charge in [0.1, 0.15) is 5.82 Å². The van der Waals surface area contributed by atoms with Crippen molar-refractivity contribution in [2.24, 2.45) is 0 Å². The zero-order valence-corrected chi connectivity index (χ0v) is 13.3. The van der Waals surface area contributed by atoms with Crippen molar-refractivity contribution in [2.45, 2.75) is 32.4 Å². The molecule has 1 fully saturated rings. The van der Waals surface area contributed by atoms with Gasteiger partial charge in [0.05, 0.1) is 6.04 Å². The normalized spacial score (nSPS) is 17.3. The molecular weight excluding hydrogens is 291 g/mol. The summed E-state index contributed by atoms with van der Waals surface area (Å²) in [4.78, 5) is 14.4. The number of hydrogen-bond acceptors (Lipinski definition) is 1. The fraction of sp³-hybridized carbons (Fsp3) is 0.316. The minimum atomic E-state index is -0.265. The quantitative estimate of drug-likeness (QED) is 0.906. The van der Waals surface area contributed by atoms with Crippen molar-refractivity contribution in [3.63, 3.8) is 0 Å². The molecule has 3 nitrogen and oxygen atoms in total. The number of urea groups is 1. The molecule has 4 heteroatoms. The number of nitrogens with zero attached hydrogens (tertiary/aromatic N) is 1. The molecule has 1 atom stereocenters. The van der Waals surface area contributed by atoms with Crippen LogP contribution < -0.4 is 5.32 Å². The number of rotatable bonds is 3. The number of likely N-dealkylation sites (tertiary alicyclic amines) is 1. The van der Waals surface area contributed by atoms with Crippen molar-refractivity contribution in [1.82, 2.24) is 10.2 Å². The smallest absolute Gasteiger partial charge is 0.318 e. The van der Waals surface area contributed by atoms with Gasteiger partial charge in [0.2, 0.25) is 0 Å². The van der Waals surface area contributed by atoms with E-state index >= 15 is 0 Å². The first kappa shape index (κ1) is 15.5. The molecule has 1 saturated heterocycles. The van der Waals surface area contributed by atoms with Gasteiger partial charge in [-0.05, 0) is 48.6 Å². The minimum absolute atomic E-state index is 0.0555. The molecule has 0 aromatic heterocycles. The Balaban J connectivity index is 1.66. The van der Waals surface area contributed by atoms with Crippen molar-refractivity contribution in [3.8, 4) is 0 Å². The van der Waals surface area contributed by atoms with Gasteiger partial charge in [-0.3, -0.25) is 0 Å². The first-order valence-electron chi connectivity index (χ1n) is 7.99. The fourth-order valence-electron chi connectivity index (χ4n) is 3.18. The lowest BCUT2D eigenvalue weighted by atomic mass is 9.99. The minimum Gasteiger partial charge on any atom is -0.334 e. The van der Waals surface area contributed by atoms with Gasteiger partial charge in [-0.2, -0.15) is 0 Å². The summed E-state index contributed by atoms with van der Waals surface area (Å²) in [5.41, 5.74) is 3.34. The summed E-state index contributed by atoms with van der Waals surface area (Å²) in [6, 6.07) is 14.5. The van der Waals surface area contributed by atoms with E-state index in [1.165, 1.54) is 23.3 Å². The SMILES string of the molecule is Cc1ccccc1[C@H]1CCCN1C(=O)NCc1ccc(F)cc1. The Morgan fingerprint density at radius 3 is 2.70 bits per heavy atom. The van der Waals surface area contributed by atoms with E-state index in [0.717, 1.165) is 24.9 Å². The van der Waals surface area contributed by atoms with E-state index in [1.807, 2.05) is 17.0 Å². The van der Waals surface area contributed by atoms with Crippen LogP contribution in [0.1, 0.15) is 35.6 Å². The van der Waals surface area contributed by atoms with E-state index in [9.17, 15) is 9.18 Å². The fourth-order valence-corrected chi connectivity index (χ4v) is 3.18. The second-order valence-corrected chi connectivity index (χ2v) is 5.99. The molecular formula is C19H21FN2O. The maximum absolute atomic E-state index is 12.9. The van der Waals surface area contributed by atoms with Gasteiger partial charge < -0.3 is 10.2 Å². The van der Waals surface area contributed by atoms with Crippen molar-refractivity contribution >= 4 is 6.03 Å². The van der Waals surface area contributed by atoms with Gasteiger partial charge in [-0.1, -0.05) is 36.4 Å². The first-order valence-corrected chi connectivity index (χ1v) is 7.99. The Morgan fingerprint density at radius 1 is 1.22 bits per heavy atom. The Labute approximate surface area is 136 Å². The van der Waals surface area contributed by atoms with Crippen LogP contribution in [0.5, 0.6) is 0 Å². The summed E-state index contributed by atoms with van der Waals surface area (Å²) in [6.45, 7) is 3.27. The van der Waals surface area contributed by atoms with Crippen LogP contribution in [0.2, 0.25) is 0 Å². The molecule has 0 spiro atoms. The van der Waals surface area contributed by atoms with Crippen LogP contribution in [0.4, 0.5) is 9.18 Å². The molecule has 0 radical (unpaired) electrons. The highest BCUT2D eigenvalue weighted by molar-refractivity contribution is 5.75. The van der Waals surface area contributed by atoms with Crippen LogP contribution in [-0.4, -0.2) is 17.5 Å². The lowest BCUT2D eigenvalue weighted by Gasteiger charge is -2.26. The number of nitrogens with one attached hydrogen (secondary N) is 1. The average molecular weight is 312 g/mol. The van der Waals surface area contributed by atoms with E-state index in [2.05, 4.69) is 24.4 Å². The number of benzene rings is 2. The van der Waals surface area contributed by atoms with Gasteiger partial charge in [0.15, 0.2) is 0 Å². The number of carbonyl (C=O) groups excluding carboxylic acids is 1. The Bertz CT molecular complexity index is 684. The molecule has 23 heavy (non-hydrogen) atoms. The second-order valence-electron chi connectivity index (χ2n) is 5.99. The molecule has 2 amide bonds. The first-order chi connectivity index (χ1) is 11.1. The van der Waals surface area contributed by atoms with Gasteiger partial charge in [-0.15, -0.1) is 0 Å². The largest absolute Gasteiger partial charge is 0.334 e. The topological polar surface area (TPSA) is 32.3 Å². The van der Waals surface area contributed by atoms with Crippen molar-refractivity contribution in [3.05, 3.63) is 71.0 Å². The van der Waals surface area contributed by atoms with Crippen molar-refractivity contribution in [2.75, 3.05) is 6.54 Å². The lowest BCUT2D eigenvalue weighted by molar-refractivity contribution is 0.192. The number of carbonyl (C=O) groups is 1. The highest BCUT2D eigenvalue weighted by Crippen LogP contribution is 2.33. The predicted octanol–water partition coefficient (Wildman–Crippen LogP) is 4.18. The van der Waals surface area contributed by atoms with E-state index in [0.29, 0.717) is 6.54 Å². The van der Waals surface area contributed by atoms with Crippen LogP contribution in [0, 0.1) is 12.7 Å². The summed E-state index contributed by atoms with van der Waals surface area (Å²) in [5.74, 6) is -0.265. The van der Waals surface area contributed by atoms with E-state index < -0.39 is 0 Å². The summed E-state index contributed by atoms with van der Waals surface area (Å²) in [7, 11) is 0. The Kier molecular flexibility index (Phi) is 4.60. The van der Waals surface area contributed by atoms with Gasteiger partial charge in [0.25, 0.3) is 0 Å². The molecule has 0 aliphatic carbocycles. The highest BCUT2D eigenvalue weighted by Gasteiger charge is 2.30. The predicted molar refractivity (Wildman–Crippen MR) is 88.5 cm³/mol. The zero-order valence-electron chi connectivity index (χ0n) is 13.3. The van der Waals surface area contributed by atoms with E-state index in [1.54, 1.807) is 12.1 Å². The molecule has 2 aromatic carbocycles. The van der Waals surface area contributed by atoms with Crippen molar-refractivity contribution in [1.29, 1.82) is 0 Å². The lowest BCUT2D eigenvalue weighted by Crippen LogP contribution is -2.39. The third-order valence-electron chi connectivity index (χ3n) is 4.42. The molecule has 3 rings (SSSR count). The highest BCUT2D eigenvalue weighted by atomic mass is 19.1. The van der Waals surface area contributed by atoms with Crippen LogP contribution in [0.3, 0.4) is 0 Å². The molecule has 1 N–H and O–H groups in total. The molecule has 1 heterocycles. The van der Waals surface area contributed by atoms with Crippen LogP contribution >= 0.6 is 0 Å². The molecule has 0 saturated carbocycles. The van der Waals surface area contributed by atoms with Gasteiger partial charge in [0, 0.05) is 13.1 Å². The average Bonchev–Trinajstić information content (AvgIpc) is 3.04. The van der Waals surface area contributed by atoms with Crippen LogP contribution in [0.15, 0.2) is 48.5 Å². The molecule has 1 aliphatic heterocycles. The third-order valence-corrected chi connectivity index (χ3v) is 4.42. The van der Waals surface area contributed by atoms with Crippen LogP contribution in [0.25, 0.3) is 0 Å². The summed E-state index contributed by atoms with van der Waals surface area (Å²) in [6.07, 6.45) is 2.01. The second kappa shape index (κ2) is 6.82. The standard InChI is InChI=1S/C19H21FN2O/c1-14-5-2-3-6-17(14)18-7-4-12-22(18)19(23)21-13-15-8-10-16(20)11-9-15/h2-3,5-6,8-11,18H,4,7,12-13H2,1H3,(H,21,23)/t18-/m1/s1. The number of aryl methyl sites for hydroxylation is 1. The molecule has 1 aliphatic rings. The Morgan fingerprint density at radius 2 is 1.96 bits per heavy atom. The van der Waals surface area contributed by atoms with Crippen LogP contribution in [-0.2, 0) is 6.54 Å². The summed E-state index contributed by atoms with van der Waals surface area (Å²) in [5, 5.41) is 2.94. The summed E-state index contributed by atoms with van der Waals surface area (Å²) >= 11 is 0. The third kappa shape index (κ3) is 3.52. The monoisotopic (exact) mass is 312 g/mol. The molecule has 0 bridgehead atoms. The van der Waals surface area contributed by atoms with Gasteiger partial charge in [-0.25, -0.2) is 9.18 Å². The maximum Gasteiger partial charge on any atom is 0.318 e. The zero-order chi connectivity index (χ0) is 16.2. The van der Waals surface area contributed by atoms with E-state index in [-0.39, 0.29) is 17.9 Å². The van der Waals surface area contributed by atoms with E-state index in [4.69, 9.17) is 0 Å². The molecule has 120 valence electrons. The number of halogens is 1. The molecule has 0 unspecified atom stereocenters. The summed E-state index contributed by atoms with van der Waals surface area (Å²) < 4.78 is 12.9. The Hall–Kier alpha value is -2.36. The maximum atomic E-state index is 12.9. The van der Waals surface area contributed by atoms with Gasteiger partial charge >= 0.3 is 6.03 Å².